The van der Waals surface area contributed by atoms with Crippen molar-refractivity contribution in [2.45, 2.75) is 18.6 Å². The van der Waals surface area contributed by atoms with E-state index in [4.69, 9.17) is 0 Å². The minimum absolute atomic E-state index is 0. The maximum absolute atomic E-state index is 13.1. The molecule has 0 unspecified atom stereocenters. The Morgan fingerprint density at radius 2 is 2.00 bits per heavy atom. The van der Waals surface area contributed by atoms with Gasteiger partial charge in [0.05, 0.1) is 29.0 Å². The lowest BCUT2D eigenvalue weighted by atomic mass is 10.2. The molecule has 0 radical (unpaired) electrons. The highest BCUT2D eigenvalue weighted by atomic mass is 35.5. The average molecular weight is 398 g/mol. The van der Waals surface area contributed by atoms with Crippen molar-refractivity contribution in [3.63, 3.8) is 0 Å². The highest BCUT2D eigenvalue weighted by molar-refractivity contribution is 5.95. The molecule has 1 aromatic carbocycles. The Labute approximate surface area is 162 Å². The number of imidazole rings is 1. The largest absolute Gasteiger partial charge is 0.323 e. The minimum Gasteiger partial charge on any atom is -0.323 e. The molecule has 1 fully saturated rings. The molecule has 3 heterocycles. The van der Waals surface area contributed by atoms with Gasteiger partial charge >= 0.3 is 0 Å². The summed E-state index contributed by atoms with van der Waals surface area (Å²) < 4.78 is 15.0. The first-order valence-corrected chi connectivity index (χ1v) is 7.77. The molecule has 9 heteroatoms. The Kier molecular flexibility index (Phi) is 6.52. The van der Waals surface area contributed by atoms with Crippen LogP contribution in [-0.4, -0.2) is 39.2 Å². The van der Waals surface area contributed by atoms with Crippen molar-refractivity contribution < 1.29 is 9.18 Å². The average Bonchev–Trinajstić information content (AvgIpc) is 3.22. The number of aromatic nitrogens is 3. The number of amides is 1. The van der Waals surface area contributed by atoms with Crippen molar-refractivity contribution in [3.8, 4) is 5.82 Å². The fourth-order valence-corrected chi connectivity index (χ4v) is 2.87. The van der Waals surface area contributed by atoms with Crippen molar-refractivity contribution in [1.29, 1.82) is 0 Å². The second kappa shape index (κ2) is 8.44. The molecular formula is C17H18Cl2FN5O. The summed E-state index contributed by atoms with van der Waals surface area (Å²) in [5, 5.41) is 5.62. The van der Waals surface area contributed by atoms with Gasteiger partial charge in [-0.2, -0.15) is 0 Å². The smallest absolute Gasteiger partial charge is 0.241 e. The fourth-order valence-electron chi connectivity index (χ4n) is 2.87. The zero-order valence-electron chi connectivity index (χ0n) is 13.6. The number of pyridine rings is 1. The summed E-state index contributed by atoms with van der Waals surface area (Å²) in [5.41, 5.74) is 2.44. The van der Waals surface area contributed by atoms with Crippen molar-refractivity contribution in [2.75, 3.05) is 11.9 Å². The predicted molar refractivity (Wildman–Crippen MR) is 103 cm³/mol. The van der Waals surface area contributed by atoms with Crippen molar-refractivity contribution in [1.82, 2.24) is 19.9 Å². The number of hydrogen-bond donors (Lipinski definition) is 2. The molecule has 0 spiro atoms. The van der Waals surface area contributed by atoms with Gasteiger partial charge in [-0.05, 0) is 24.3 Å². The molecule has 1 amide bonds. The Bertz CT molecular complexity index is 886. The SMILES string of the molecule is Cl.Cl.O=C(Nc1ccc(-n2cnc3ccccc32)nc1)[C@H]1C[C@H](F)CN1. The van der Waals surface area contributed by atoms with Crippen LogP contribution in [0.5, 0.6) is 0 Å². The molecule has 3 aromatic rings. The number of fused-ring (bicyclic) bond motifs is 1. The zero-order valence-corrected chi connectivity index (χ0v) is 15.3. The quantitative estimate of drug-likeness (QED) is 0.712. The van der Waals surface area contributed by atoms with Gasteiger partial charge in [-0.1, -0.05) is 12.1 Å². The summed E-state index contributed by atoms with van der Waals surface area (Å²) in [7, 11) is 0. The standard InChI is InChI=1S/C17H16FN5O.2ClH/c18-11-7-14(19-8-11)17(24)22-12-5-6-16(20-9-12)23-10-21-13-3-1-2-4-15(13)23;;/h1-6,9-11,14,19H,7-8H2,(H,22,24);2*1H/t11-,14+;;/m0../s1. The van der Waals surface area contributed by atoms with Gasteiger partial charge in [-0.3, -0.25) is 9.36 Å². The van der Waals surface area contributed by atoms with Gasteiger partial charge in [-0.15, -0.1) is 24.8 Å². The van der Waals surface area contributed by atoms with Gasteiger partial charge < -0.3 is 10.6 Å². The molecule has 0 bridgehead atoms. The van der Waals surface area contributed by atoms with Crippen LogP contribution in [0.2, 0.25) is 0 Å². The minimum atomic E-state index is -0.962. The second-order valence-corrected chi connectivity index (χ2v) is 5.79. The molecule has 6 nitrogen and oxygen atoms in total. The van der Waals surface area contributed by atoms with Crippen molar-refractivity contribution in [2.24, 2.45) is 0 Å². The van der Waals surface area contributed by atoms with E-state index in [2.05, 4.69) is 20.6 Å². The van der Waals surface area contributed by atoms with E-state index in [-0.39, 0.29) is 43.7 Å². The Hall–Kier alpha value is -2.22. The van der Waals surface area contributed by atoms with Crippen LogP contribution in [0.3, 0.4) is 0 Å². The van der Waals surface area contributed by atoms with Crippen LogP contribution < -0.4 is 10.6 Å². The topological polar surface area (TPSA) is 71.8 Å². The highest BCUT2D eigenvalue weighted by Gasteiger charge is 2.29. The van der Waals surface area contributed by atoms with Crippen LogP contribution in [0, 0.1) is 0 Å². The van der Waals surface area contributed by atoms with Gasteiger partial charge in [0.2, 0.25) is 5.91 Å². The van der Waals surface area contributed by atoms with E-state index in [1.807, 2.05) is 34.9 Å². The maximum Gasteiger partial charge on any atom is 0.241 e. The molecule has 1 saturated heterocycles. The number of alkyl halides is 1. The van der Waals surface area contributed by atoms with E-state index in [0.717, 1.165) is 11.0 Å². The van der Waals surface area contributed by atoms with Crippen LogP contribution in [-0.2, 0) is 4.79 Å². The lowest BCUT2D eigenvalue weighted by molar-refractivity contribution is -0.117. The normalized spacial score (nSPS) is 18.8. The van der Waals surface area contributed by atoms with E-state index in [0.29, 0.717) is 11.5 Å². The van der Waals surface area contributed by atoms with Gasteiger partial charge in [0.1, 0.15) is 18.3 Å². The van der Waals surface area contributed by atoms with E-state index >= 15 is 0 Å². The molecule has 0 aliphatic carbocycles. The number of anilines is 1. The second-order valence-electron chi connectivity index (χ2n) is 5.79. The van der Waals surface area contributed by atoms with E-state index < -0.39 is 12.2 Å². The van der Waals surface area contributed by atoms with E-state index in [1.54, 1.807) is 18.6 Å². The molecule has 138 valence electrons. The summed E-state index contributed by atoms with van der Waals surface area (Å²) >= 11 is 0. The molecular weight excluding hydrogens is 380 g/mol. The third kappa shape index (κ3) is 3.95. The van der Waals surface area contributed by atoms with Gasteiger partial charge in [0.25, 0.3) is 0 Å². The van der Waals surface area contributed by atoms with Crippen LogP contribution in [0.4, 0.5) is 10.1 Å². The molecule has 1 aliphatic rings. The summed E-state index contributed by atoms with van der Waals surface area (Å²) in [4.78, 5) is 20.8. The lowest BCUT2D eigenvalue weighted by Crippen LogP contribution is -2.35. The Balaban J connectivity index is 0.00000121. The van der Waals surface area contributed by atoms with E-state index in [9.17, 15) is 9.18 Å². The van der Waals surface area contributed by atoms with Gasteiger partial charge in [-0.25, -0.2) is 14.4 Å². The van der Waals surface area contributed by atoms with Crippen LogP contribution in [0.25, 0.3) is 16.9 Å². The summed E-state index contributed by atoms with van der Waals surface area (Å²) in [5.74, 6) is 0.474. The number of halogens is 3. The number of carbonyl (C=O) groups is 1. The third-order valence-electron chi connectivity index (χ3n) is 4.11. The van der Waals surface area contributed by atoms with Gasteiger partial charge in [0, 0.05) is 13.0 Å². The number of carbonyl (C=O) groups excluding carboxylic acids is 1. The van der Waals surface area contributed by atoms with Crippen LogP contribution in [0.1, 0.15) is 6.42 Å². The molecule has 2 N–H and O–H groups in total. The monoisotopic (exact) mass is 397 g/mol. The van der Waals surface area contributed by atoms with Crippen LogP contribution >= 0.6 is 24.8 Å². The van der Waals surface area contributed by atoms with Crippen molar-refractivity contribution in [3.05, 3.63) is 48.9 Å². The number of para-hydroxylation sites is 2. The maximum atomic E-state index is 13.1. The number of rotatable bonds is 3. The Morgan fingerprint density at radius 1 is 1.19 bits per heavy atom. The first-order chi connectivity index (χ1) is 11.7. The summed E-state index contributed by atoms with van der Waals surface area (Å²) in [6, 6.07) is 10.9. The lowest BCUT2D eigenvalue weighted by Gasteiger charge is -2.11. The summed E-state index contributed by atoms with van der Waals surface area (Å²) in [6.07, 6.45) is 2.55. The van der Waals surface area contributed by atoms with Crippen molar-refractivity contribution >= 4 is 47.4 Å². The number of nitrogens with zero attached hydrogens (tertiary/aromatic N) is 3. The first kappa shape index (κ1) is 20.1. The molecule has 2 aromatic heterocycles. The number of hydrogen-bond acceptors (Lipinski definition) is 4. The molecule has 2 atom stereocenters. The van der Waals surface area contributed by atoms with Crippen LogP contribution in [0.15, 0.2) is 48.9 Å². The molecule has 4 rings (SSSR count). The third-order valence-corrected chi connectivity index (χ3v) is 4.11. The molecule has 0 saturated carbocycles. The first-order valence-electron chi connectivity index (χ1n) is 7.77. The Morgan fingerprint density at radius 3 is 2.69 bits per heavy atom. The fraction of sp³-hybridized carbons (Fsp3) is 0.235. The zero-order chi connectivity index (χ0) is 16.5. The molecule has 1 aliphatic heterocycles. The predicted octanol–water partition coefficient (Wildman–Crippen LogP) is 2.90. The number of nitrogens with one attached hydrogen (secondary N) is 2. The van der Waals surface area contributed by atoms with E-state index in [1.165, 1.54) is 0 Å². The highest BCUT2D eigenvalue weighted by Crippen LogP contribution is 2.18. The number of benzene rings is 1. The summed E-state index contributed by atoms with van der Waals surface area (Å²) in [6.45, 7) is 0.225. The van der Waals surface area contributed by atoms with Gasteiger partial charge in [0.15, 0.2) is 0 Å². The molecule has 26 heavy (non-hydrogen) atoms.